The van der Waals surface area contributed by atoms with E-state index in [-0.39, 0.29) is 18.3 Å². The third-order valence-corrected chi connectivity index (χ3v) is 12.8. The zero-order chi connectivity index (χ0) is 40.6. The Morgan fingerprint density at radius 2 is 0.869 bits per heavy atom. The molecule has 0 fully saturated rings. The molecule has 12 rings (SSSR count). The number of hydrogen-bond donors (Lipinski definition) is 0. The Morgan fingerprint density at radius 3 is 1.51 bits per heavy atom. The zero-order valence-corrected chi connectivity index (χ0v) is 33.3. The normalized spacial score (nSPS) is 14.9. The average molecular weight is 793 g/mol. The molecule has 0 saturated heterocycles. The van der Waals surface area contributed by atoms with Crippen molar-refractivity contribution in [2.24, 2.45) is 0 Å². The predicted octanol–water partition coefficient (Wildman–Crippen LogP) is 12.8. The quantitative estimate of drug-likeness (QED) is 0.161. The molecule has 3 aliphatic heterocycles. The Balaban J connectivity index is 1.12. The fraction of sp³-hybridized carbons (Fsp3) is 0.0741. The zero-order valence-electron chi connectivity index (χ0n) is 33.3. The third kappa shape index (κ3) is 5.64. The molecule has 0 radical (unpaired) electrons. The van der Waals surface area contributed by atoms with Gasteiger partial charge >= 0.3 is 0 Å². The fourth-order valence-electron chi connectivity index (χ4n) is 10.3. The van der Waals surface area contributed by atoms with Gasteiger partial charge in [0.25, 0.3) is 6.71 Å². The SMILES string of the molecule is Fc1cccc(N2c3ccc(-c4ccccc4)cc3B3c4ccc(N5C6=C(CCCC6)N(c6ccccc6)c6ccccc65)cc4N(c4cccc(F)c4)c4cccc2c43)c1. The highest BCUT2D eigenvalue weighted by atomic mass is 19.1. The first-order valence-corrected chi connectivity index (χ1v) is 21.1. The highest BCUT2D eigenvalue weighted by Gasteiger charge is 2.44. The summed E-state index contributed by atoms with van der Waals surface area (Å²) in [6.07, 6.45) is 4.18. The van der Waals surface area contributed by atoms with Crippen LogP contribution in [0, 0.1) is 11.6 Å². The van der Waals surface area contributed by atoms with Gasteiger partial charge in [0, 0.05) is 56.9 Å². The van der Waals surface area contributed by atoms with Crippen molar-refractivity contribution in [3.8, 4) is 11.1 Å². The molecule has 0 atom stereocenters. The predicted molar refractivity (Wildman–Crippen MR) is 248 cm³/mol. The van der Waals surface area contributed by atoms with Crippen LogP contribution >= 0.6 is 0 Å². The summed E-state index contributed by atoms with van der Waals surface area (Å²) in [4.78, 5) is 9.36. The van der Waals surface area contributed by atoms with Crippen molar-refractivity contribution in [3.05, 3.63) is 211 Å². The lowest BCUT2D eigenvalue weighted by Gasteiger charge is -2.46. The number of halogens is 2. The van der Waals surface area contributed by atoms with Gasteiger partial charge in [-0.3, -0.25) is 0 Å². The van der Waals surface area contributed by atoms with Crippen LogP contribution in [0.25, 0.3) is 11.1 Å². The molecule has 0 N–H and O–H groups in total. The number of hydrogen-bond acceptors (Lipinski definition) is 4. The Hall–Kier alpha value is -7.38. The van der Waals surface area contributed by atoms with Crippen molar-refractivity contribution in [2.45, 2.75) is 25.7 Å². The van der Waals surface area contributed by atoms with Crippen LogP contribution in [0.5, 0.6) is 0 Å². The fourth-order valence-corrected chi connectivity index (χ4v) is 10.3. The molecule has 3 heterocycles. The minimum Gasteiger partial charge on any atom is -0.311 e. The Kier molecular flexibility index (Phi) is 8.24. The molecule has 0 amide bonds. The van der Waals surface area contributed by atoms with Gasteiger partial charge in [-0.05, 0) is 144 Å². The summed E-state index contributed by atoms with van der Waals surface area (Å²) >= 11 is 0. The molecule has 0 spiro atoms. The molecule has 8 aromatic rings. The highest BCUT2D eigenvalue weighted by Crippen LogP contribution is 2.52. The third-order valence-electron chi connectivity index (χ3n) is 12.8. The van der Waals surface area contributed by atoms with Crippen LogP contribution in [0.3, 0.4) is 0 Å². The monoisotopic (exact) mass is 792 g/mol. The van der Waals surface area contributed by atoms with Crippen LogP contribution in [0.1, 0.15) is 25.7 Å². The summed E-state index contributed by atoms with van der Waals surface area (Å²) in [6.45, 7) is -0.171. The Bertz CT molecular complexity index is 3060. The number of rotatable bonds is 5. The summed E-state index contributed by atoms with van der Waals surface area (Å²) in [5, 5.41) is 0. The first-order chi connectivity index (χ1) is 30.1. The molecular weight excluding hydrogens is 753 g/mol. The summed E-state index contributed by atoms with van der Waals surface area (Å²) < 4.78 is 30.6. The maximum Gasteiger partial charge on any atom is 0.252 e. The van der Waals surface area contributed by atoms with Gasteiger partial charge in [0.2, 0.25) is 0 Å². The molecular formula is C54H39BF2N4. The van der Waals surface area contributed by atoms with Crippen LogP contribution in [0.2, 0.25) is 0 Å². The van der Waals surface area contributed by atoms with E-state index in [4.69, 9.17) is 0 Å². The standard InChI is InChI=1S/C54H39BF2N4/c56-38-16-11-20-41(33-38)59-46-31-28-37(36-14-3-1-4-15-36)32-45(46)55-44-30-29-43(35-53(44)61(42-21-12-17-39(57)34-42)52-27-13-26-51(59)54(52)55)60-49-24-9-7-22-47(49)58(40-18-5-2-6-19-40)48-23-8-10-25-50(48)60/h1-7,9,11-22,24,26-35H,8,10,23,25H2. The molecule has 4 aliphatic rings. The molecule has 0 bridgehead atoms. The minimum atomic E-state index is -0.302. The number of nitrogens with zero attached hydrogens (tertiary/aromatic N) is 4. The second-order valence-electron chi connectivity index (χ2n) is 16.3. The first-order valence-electron chi connectivity index (χ1n) is 21.1. The molecule has 0 aromatic heterocycles. The van der Waals surface area contributed by atoms with Crippen molar-refractivity contribution in [1.29, 1.82) is 0 Å². The maximum absolute atomic E-state index is 15.4. The lowest BCUT2D eigenvalue weighted by molar-refractivity contribution is 0.627. The van der Waals surface area contributed by atoms with E-state index in [2.05, 4.69) is 153 Å². The van der Waals surface area contributed by atoms with Crippen LogP contribution in [-0.2, 0) is 0 Å². The molecule has 7 heteroatoms. The Labute approximate surface area is 355 Å². The summed E-state index contributed by atoms with van der Waals surface area (Å²) in [6, 6.07) is 63.6. The first kappa shape index (κ1) is 35.6. The van der Waals surface area contributed by atoms with Crippen LogP contribution in [0.4, 0.5) is 65.7 Å². The van der Waals surface area contributed by atoms with Gasteiger partial charge in [0.1, 0.15) is 11.6 Å². The minimum absolute atomic E-state index is 0.171. The van der Waals surface area contributed by atoms with Crippen molar-refractivity contribution >= 4 is 80.0 Å². The second kappa shape index (κ2) is 14.1. The van der Waals surface area contributed by atoms with Crippen molar-refractivity contribution in [2.75, 3.05) is 19.6 Å². The van der Waals surface area contributed by atoms with E-state index in [1.807, 2.05) is 18.2 Å². The van der Waals surface area contributed by atoms with Crippen LogP contribution < -0.4 is 36.0 Å². The molecule has 4 nitrogen and oxygen atoms in total. The summed E-state index contributed by atoms with van der Waals surface area (Å²) in [7, 11) is 0. The van der Waals surface area contributed by atoms with Crippen LogP contribution in [-0.4, -0.2) is 6.71 Å². The van der Waals surface area contributed by atoms with Gasteiger partial charge in [0.15, 0.2) is 0 Å². The molecule has 61 heavy (non-hydrogen) atoms. The average Bonchev–Trinajstić information content (AvgIpc) is 3.31. The van der Waals surface area contributed by atoms with Crippen LogP contribution in [0.15, 0.2) is 199 Å². The largest absolute Gasteiger partial charge is 0.311 e. The number of allylic oxidation sites excluding steroid dienone is 2. The molecule has 292 valence electrons. The van der Waals surface area contributed by atoms with Gasteiger partial charge in [-0.2, -0.15) is 0 Å². The second-order valence-corrected chi connectivity index (χ2v) is 16.3. The number of para-hydroxylation sites is 3. The van der Waals surface area contributed by atoms with E-state index in [1.165, 1.54) is 23.5 Å². The van der Waals surface area contributed by atoms with Gasteiger partial charge in [-0.25, -0.2) is 8.78 Å². The Morgan fingerprint density at radius 1 is 0.344 bits per heavy atom. The molecule has 0 unspecified atom stereocenters. The van der Waals surface area contributed by atoms with Gasteiger partial charge < -0.3 is 19.6 Å². The lowest BCUT2D eigenvalue weighted by atomic mass is 9.33. The van der Waals surface area contributed by atoms with E-state index in [1.54, 1.807) is 24.3 Å². The van der Waals surface area contributed by atoms with Crippen molar-refractivity contribution in [1.82, 2.24) is 0 Å². The lowest BCUT2D eigenvalue weighted by Crippen LogP contribution is -2.61. The smallest absolute Gasteiger partial charge is 0.252 e. The highest BCUT2D eigenvalue weighted by molar-refractivity contribution is 7.00. The van der Waals surface area contributed by atoms with Gasteiger partial charge in [-0.15, -0.1) is 0 Å². The number of fused-ring (bicyclic) bond motifs is 5. The molecule has 1 aliphatic carbocycles. The van der Waals surface area contributed by atoms with Gasteiger partial charge in [0.05, 0.1) is 11.4 Å². The van der Waals surface area contributed by atoms with E-state index in [0.29, 0.717) is 0 Å². The van der Waals surface area contributed by atoms with E-state index in [0.717, 1.165) is 110 Å². The van der Waals surface area contributed by atoms with Crippen molar-refractivity contribution < 1.29 is 8.78 Å². The summed E-state index contributed by atoms with van der Waals surface area (Å²) in [5.74, 6) is -0.599. The number of benzene rings is 8. The summed E-state index contributed by atoms with van der Waals surface area (Å²) in [5.41, 5.74) is 18.1. The van der Waals surface area contributed by atoms with E-state index >= 15 is 8.78 Å². The molecule has 0 saturated carbocycles. The number of anilines is 10. The topological polar surface area (TPSA) is 13.0 Å². The van der Waals surface area contributed by atoms with Crippen molar-refractivity contribution in [3.63, 3.8) is 0 Å². The van der Waals surface area contributed by atoms with E-state index < -0.39 is 0 Å². The van der Waals surface area contributed by atoms with Gasteiger partial charge in [-0.1, -0.05) is 97.1 Å². The maximum atomic E-state index is 15.4. The molecule has 8 aromatic carbocycles. The van der Waals surface area contributed by atoms with E-state index in [9.17, 15) is 0 Å².